The number of aromatic amines is 1. The van der Waals surface area contributed by atoms with Crippen molar-refractivity contribution in [3.63, 3.8) is 0 Å². The minimum absolute atomic E-state index is 0.0698. The maximum atomic E-state index is 11.6. The van der Waals surface area contributed by atoms with E-state index in [1.54, 1.807) is 14.2 Å². The molecule has 40 heavy (non-hydrogen) atoms. The molecule has 1 aliphatic heterocycles. The van der Waals surface area contributed by atoms with Gasteiger partial charge in [0.25, 0.3) is 5.56 Å². The molecule has 0 aliphatic carbocycles. The van der Waals surface area contributed by atoms with Crippen LogP contribution in [0.4, 0.5) is 0 Å². The molecule has 0 saturated carbocycles. The Morgan fingerprint density at radius 2 is 1.40 bits per heavy atom. The number of nitrogens with one attached hydrogen (secondary N) is 1. The number of aliphatic hydroxyl groups excluding tert-OH is 2. The summed E-state index contributed by atoms with van der Waals surface area (Å²) in [6.07, 6.45) is -3.08. The fraction of sp³-hybridized carbons (Fsp3) is 0.267. The number of rotatable bonds is 9. The van der Waals surface area contributed by atoms with Crippen molar-refractivity contribution in [1.29, 1.82) is 0 Å². The predicted molar refractivity (Wildman–Crippen MR) is 150 cm³/mol. The quantitative estimate of drug-likeness (QED) is 0.210. The topological polar surface area (TPSA) is 115 Å². The monoisotopic (exact) mass is 562 g/mol. The number of nitrogens with zero attached hydrogens (tertiary/aromatic N) is 1. The van der Waals surface area contributed by atoms with Crippen LogP contribution in [-0.2, 0) is 15.1 Å². The Hall–Kier alpha value is -3.80. The summed E-state index contributed by atoms with van der Waals surface area (Å²) in [6.45, 7) is -0.0850. The molecule has 1 aliphatic rings. The summed E-state index contributed by atoms with van der Waals surface area (Å²) in [5.74, 6) is 1.39. The lowest BCUT2D eigenvalue weighted by atomic mass is 9.80. The van der Waals surface area contributed by atoms with E-state index in [9.17, 15) is 15.0 Å². The van der Waals surface area contributed by atoms with Gasteiger partial charge in [-0.1, -0.05) is 54.6 Å². The zero-order chi connectivity index (χ0) is 28.3. The lowest BCUT2D eigenvalue weighted by molar-refractivity contribution is -0.0955. The first-order valence-electron chi connectivity index (χ1n) is 12.7. The van der Waals surface area contributed by atoms with E-state index in [-0.39, 0.29) is 16.9 Å². The van der Waals surface area contributed by atoms with Crippen molar-refractivity contribution in [2.45, 2.75) is 30.1 Å². The summed E-state index contributed by atoms with van der Waals surface area (Å²) in [5, 5.41) is 21.8. The molecular weight excluding hydrogens is 532 g/mol. The average Bonchev–Trinajstić information content (AvgIpc) is 3.27. The van der Waals surface area contributed by atoms with Gasteiger partial charge in [0, 0.05) is 12.3 Å². The molecule has 3 aromatic carbocycles. The van der Waals surface area contributed by atoms with Crippen LogP contribution in [0.15, 0.2) is 95.9 Å². The fourth-order valence-electron chi connectivity index (χ4n) is 5.01. The van der Waals surface area contributed by atoms with Crippen LogP contribution < -0.4 is 15.0 Å². The van der Waals surface area contributed by atoms with Crippen LogP contribution in [0.5, 0.6) is 11.5 Å². The molecule has 1 aromatic heterocycles. The van der Waals surface area contributed by atoms with Crippen molar-refractivity contribution in [2.24, 2.45) is 0 Å². The summed E-state index contributed by atoms with van der Waals surface area (Å²) >= 11 is 5.25. The third-order valence-corrected chi connectivity index (χ3v) is 7.41. The number of benzene rings is 3. The third-order valence-electron chi connectivity index (χ3n) is 7.10. The number of hydrogen-bond acceptors (Lipinski definition) is 8. The minimum atomic E-state index is -1.31. The standard InChI is InChI=1S/C30H30N2O7S/c1-36-22-12-8-20(9-13-22)30(19-6-4-3-5-7-19,21-10-14-23(37-2)15-11-21)38-18-24-26(34)27(35)28(39-24)32-17-16-25(33)31-29(32)40/h3-17,24,26-28,34-35H,18H2,1-2H3,(H,31,33,40)/t24-,26-,27-,28-/m1/s1. The van der Waals surface area contributed by atoms with Gasteiger partial charge in [-0.3, -0.25) is 14.3 Å². The molecule has 0 amide bonds. The Morgan fingerprint density at radius 1 is 0.850 bits per heavy atom. The first kappa shape index (κ1) is 27.8. The largest absolute Gasteiger partial charge is 0.497 e. The molecule has 1 saturated heterocycles. The summed E-state index contributed by atoms with van der Waals surface area (Å²) in [5.41, 5.74) is 0.980. The lowest BCUT2D eigenvalue weighted by Gasteiger charge is -2.37. The van der Waals surface area contributed by atoms with E-state index < -0.39 is 30.1 Å². The molecule has 1 fully saturated rings. The van der Waals surface area contributed by atoms with Crippen LogP contribution in [0.2, 0.25) is 0 Å². The Morgan fingerprint density at radius 3 is 1.93 bits per heavy atom. The molecule has 5 rings (SSSR count). The zero-order valence-electron chi connectivity index (χ0n) is 22.0. The van der Waals surface area contributed by atoms with Crippen LogP contribution in [0.3, 0.4) is 0 Å². The molecule has 0 unspecified atom stereocenters. The highest BCUT2D eigenvalue weighted by Gasteiger charge is 2.46. The van der Waals surface area contributed by atoms with Crippen LogP contribution in [0.25, 0.3) is 0 Å². The first-order valence-corrected chi connectivity index (χ1v) is 13.1. The van der Waals surface area contributed by atoms with Gasteiger partial charge in [0.1, 0.15) is 35.4 Å². The van der Waals surface area contributed by atoms with E-state index in [2.05, 4.69) is 4.98 Å². The second kappa shape index (κ2) is 11.7. The van der Waals surface area contributed by atoms with E-state index in [1.165, 1.54) is 16.8 Å². The number of aliphatic hydroxyl groups is 2. The Balaban J connectivity index is 1.56. The number of methoxy groups -OCH3 is 2. The van der Waals surface area contributed by atoms with E-state index >= 15 is 0 Å². The van der Waals surface area contributed by atoms with Crippen LogP contribution in [0, 0.1) is 4.77 Å². The Bertz CT molecular complexity index is 1490. The molecule has 0 radical (unpaired) electrons. The second-order valence-corrected chi connectivity index (χ2v) is 9.77. The van der Waals surface area contributed by atoms with Gasteiger partial charge >= 0.3 is 0 Å². The zero-order valence-corrected chi connectivity index (χ0v) is 22.8. The Labute approximate surface area is 236 Å². The van der Waals surface area contributed by atoms with Gasteiger partial charge in [0.15, 0.2) is 11.0 Å². The maximum Gasteiger partial charge on any atom is 0.251 e. The summed E-state index contributed by atoms with van der Waals surface area (Å²) in [6, 6.07) is 26.2. The molecule has 0 spiro atoms. The van der Waals surface area contributed by atoms with E-state index in [0.29, 0.717) is 11.5 Å². The Kier molecular flexibility index (Phi) is 8.15. The molecule has 3 N–H and O–H groups in total. The van der Waals surface area contributed by atoms with Gasteiger partial charge in [-0.05, 0) is 53.2 Å². The molecule has 2 heterocycles. The van der Waals surface area contributed by atoms with Gasteiger partial charge in [-0.2, -0.15) is 0 Å². The molecule has 9 nitrogen and oxygen atoms in total. The van der Waals surface area contributed by atoms with Gasteiger partial charge in [0.05, 0.1) is 20.8 Å². The van der Waals surface area contributed by atoms with Gasteiger partial charge < -0.3 is 29.2 Å². The predicted octanol–water partition coefficient (Wildman–Crippen LogP) is 3.55. The summed E-state index contributed by atoms with van der Waals surface area (Å²) in [7, 11) is 3.21. The number of ether oxygens (including phenoxy) is 4. The molecule has 208 valence electrons. The van der Waals surface area contributed by atoms with Gasteiger partial charge in [-0.15, -0.1) is 0 Å². The van der Waals surface area contributed by atoms with E-state index in [4.69, 9.17) is 31.2 Å². The van der Waals surface area contributed by atoms with E-state index in [0.717, 1.165) is 16.7 Å². The van der Waals surface area contributed by atoms with Crippen molar-refractivity contribution < 1.29 is 29.2 Å². The highest BCUT2D eigenvalue weighted by atomic mass is 32.1. The number of aromatic nitrogens is 2. The van der Waals surface area contributed by atoms with Crippen molar-refractivity contribution in [3.8, 4) is 11.5 Å². The molecule has 0 bridgehead atoms. The van der Waals surface area contributed by atoms with Crippen LogP contribution in [-0.4, -0.2) is 58.9 Å². The van der Waals surface area contributed by atoms with Crippen LogP contribution in [0.1, 0.15) is 22.9 Å². The molecular formula is C30H30N2O7S. The maximum absolute atomic E-state index is 11.6. The highest BCUT2D eigenvalue weighted by Crippen LogP contribution is 2.42. The van der Waals surface area contributed by atoms with Crippen molar-refractivity contribution >= 4 is 12.2 Å². The molecule has 10 heteroatoms. The summed E-state index contributed by atoms with van der Waals surface area (Å²) < 4.78 is 25.1. The SMILES string of the molecule is COc1ccc(C(OC[C@H]2O[C@@H](n3ccc(=O)[nH]c3=S)[C@H](O)[C@@H]2O)(c2ccccc2)c2ccc(OC)cc2)cc1. The molecule has 4 aromatic rings. The smallest absolute Gasteiger partial charge is 0.251 e. The molecule has 4 atom stereocenters. The lowest BCUT2D eigenvalue weighted by Crippen LogP contribution is -2.39. The van der Waals surface area contributed by atoms with E-state index in [1.807, 2.05) is 78.9 Å². The number of hydrogen-bond donors (Lipinski definition) is 3. The van der Waals surface area contributed by atoms with Crippen molar-refractivity contribution in [2.75, 3.05) is 20.8 Å². The third kappa shape index (κ3) is 5.19. The van der Waals surface area contributed by atoms with Crippen molar-refractivity contribution in [1.82, 2.24) is 9.55 Å². The average molecular weight is 563 g/mol. The second-order valence-electron chi connectivity index (χ2n) is 9.38. The van der Waals surface area contributed by atoms with Crippen LogP contribution >= 0.6 is 12.2 Å². The highest BCUT2D eigenvalue weighted by molar-refractivity contribution is 7.71. The normalized spacial score (nSPS) is 20.8. The first-order chi connectivity index (χ1) is 19.4. The summed E-state index contributed by atoms with van der Waals surface area (Å²) in [4.78, 5) is 14.1. The minimum Gasteiger partial charge on any atom is -0.497 e. The fourth-order valence-corrected chi connectivity index (χ4v) is 5.27. The van der Waals surface area contributed by atoms with Gasteiger partial charge in [-0.25, -0.2) is 0 Å². The van der Waals surface area contributed by atoms with Gasteiger partial charge in [0.2, 0.25) is 0 Å². The van der Waals surface area contributed by atoms with Crippen molar-refractivity contribution in [3.05, 3.63) is 123 Å². The number of H-pyrrole nitrogens is 1.